The van der Waals surface area contributed by atoms with Crippen LogP contribution in [0.5, 0.6) is 17.2 Å². The lowest BCUT2D eigenvalue weighted by Crippen LogP contribution is -2.37. The summed E-state index contributed by atoms with van der Waals surface area (Å²) in [6, 6.07) is 3.65. The molecule has 0 aromatic heterocycles. The molecule has 1 amide bonds. The van der Waals surface area contributed by atoms with Gasteiger partial charge in [-0.1, -0.05) is 6.92 Å². The van der Waals surface area contributed by atoms with Crippen molar-refractivity contribution in [1.82, 2.24) is 4.90 Å². The van der Waals surface area contributed by atoms with Gasteiger partial charge >= 0.3 is 0 Å². The lowest BCUT2D eigenvalue weighted by atomic mass is 10.0. The number of likely N-dealkylation sites (tertiary alicyclic amines) is 1. The number of amides is 1. The monoisotopic (exact) mass is 376 g/mol. The molecule has 140 valence electrons. The zero-order valence-electron chi connectivity index (χ0n) is 15.6. The highest BCUT2D eigenvalue weighted by Gasteiger charge is 2.28. The van der Waals surface area contributed by atoms with E-state index < -0.39 is 0 Å². The molecule has 1 fully saturated rings. The van der Waals surface area contributed by atoms with Gasteiger partial charge in [0.2, 0.25) is 5.75 Å². The lowest BCUT2D eigenvalue weighted by molar-refractivity contribution is -0.113. The van der Waals surface area contributed by atoms with Crippen LogP contribution in [0.2, 0.25) is 0 Å². The number of amidine groups is 1. The van der Waals surface area contributed by atoms with Crippen LogP contribution in [0.1, 0.15) is 25.3 Å². The maximum Gasteiger partial charge on any atom is 0.286 e. The predicted molar refractivity (Wildman–Crippen MR) is 104 cm³/mol. The van der Waals surface area contributed by atoms with Crippen LogP contribution in [0.3, 0.4) is 0 Å². The molecule has 0 spiro atoms. The molecule has 3 rings (SSSR count). The Morgan fingerprint density at radius 2 is 1.88 bits per heavy atom. The number of hydrogen-bond acceptors (Lipinski definition) is 6. The Balaban J connectivity index is 1.84. The van der Waals surface area contributed by atoms with E-state index in [2.05, 4.69) is 16.8 Å². The van der Waals surface area contributed by atoms with Crippen molar-refractivity contribution in [2.45, 2.75) is 19.8 Å². The van der Waals surface area contributed by atoms with Crippen molar-refractivity contribution in [2.24, 2.45) is 10.9 Å². The van der Waals surface area contributed by atoms with Crippen LogP contribution >= 0.6 is 11.8 Å². The van der Waals surface area contributed by atoms with Crippen LogP contribution in [0.15, 0.2) is 22.0 Å². The number of ether oxygens (including phenoxy) is 3. The molecular formula is C19H24N2O4S. The van der Waals surface area contributed by atoms with Gasteiger partial charge in [-0.25, -0.2) is 0 Å². The summed E-state index contributed by atoms with van der Waals surface area (Å²) in [6.07, 6.45) is 4.19. The predicted octanol–water partition coefficient (Wildman–Crippen LogP) is 3.41. The van der Waals surface area contributed by atoms with Gasteiger partial charge in [-0.3, -0.25) is 4.79 Å². The number of piperidine rings is 1. The van der Waals surface area contributed by atoms with E-state index in [-0.39, 0.29) is 5.91 Å². The average Bonchev–Trinajstić information content (AvgIpc) is 3.01. The van der Waals surface area contributed by atoms with Gasteiger partial charge in [0, 0.05) is 13.1 Å². The molecule has 1 saturated heterocycles. The van der Waals surface area contributed by atoms with E-state index in [9.17, 15) is 4.79 Å². The molecule has 1 unspecified atom stereocenters. The van der Waals surface area contributed by atoms with Crippen molar-refractivity contribution < 1.29 is 19.0 Å². The molecule has 0 N–H and O–H groups in total. The summed E-state index contributed by atoms with van der Waals surface area (Å²) in [7, 11) is 4.71. The third-order valence-electron chi connectivity index (χ3n) is 4.52. The lowest BCUT2D eigenvalue weighted by Gasteiger charge is -2.31. The summed E-state index contributed by atoms with van der Waals surface area (Å²) in [6.45, 7) is 4.15. The first-order valence-electron chi connectivity index (χ1n) is 8.63. The molecule has 0 radical (unpaired) electrons. The molecule has 6 nitrogen and oxygen atoms in total. The van der Waals surface area contributed by atoms with Crippen molar-refractivity contribution in [3.05, 3.63) is 22.6 Å². The van der Waals surface area contributed by atoms with E-state index in [1.54, 1.807) is 21.3 Å². The van der Waals surface area contributed by atoms with E-state index in [0.29, 0.717) is 28.1 Å². The Bertz CT molecular complexity index is 735. The maximum absolute atomic E-state index is 12.4. The SMILES string of the molecule is COc1cc(C=C2SC(N3CCCC(C)C3)=NC2=O)cc(OC)c1OC. The van der Waals surface area contributed by atoms with Gasteiger partial charge in [-0.2, -0.15) is 4.99 Å². The first kappa shape index (κ1) is 18.6. The highest BCUT2D eigenvalue weighted by molar-refractivity contribution is 8.18. The van der Waals surface area contributed by atoms with Crippen molar-refractivity contribution in [3.8, 4) is 17.2 Å². The summed E-state index contributed by atoms with van der Waals surface area (Å²) >= 11 is 1.43. The topological polar surface area (TPSA) is 60.4 Å². The number of nitrogens with zero attached hydrogens (tertiary/aromatic N) is 2. The number of rotatable bonds is 4. The van der Waals surface area contributed by atoms with Crippen LogP contribution in [0.25, 0.3) is 6.08 Å². The first-order valence-corrected chi connectivity index (χ1v) is 9.45. The fourth-order valence-electron chi connectivity index (χ4n) is 3.23. The molecule has 0 aliphatic carbocycles. The summed E-state index contributed by atoms with van der Waals surface area (Å²) < 4.78 is 16.1. The average molecular weight is 376 g/mol. The van der Waals surface area contributed by atoms with E-state index >= 15 is 0 Å². The molecular weight excluding hydrogens is 352 g/mol. The third kappa shape index (κ3) is 3.82. The summed E-state index contributed by atoms with van der Waals surface area (Å²) in [5.41, 5.74) is 0.804. The number of carbonyl (C=O) groups excluding carboxylic acids is 1. The van der Waals surface area contributed by atoms with Crippen molar-refractivity contribution in [2.75, 3.05) is 34.4 Å². The second-order valence-corrected chi connectivity index (χ2v) is 7.47. The third-order valence-corrected chi connectivity index (χ3v) is 5.57. The highest BCUT2D eigenvalue weighted by Crippen LogP contribution is 2.40. The molecule has 2 aliphatic rings. The van der Waals surface area contributed by atoms with Gasteiger partial charge in [0.05, 0.1) is 26.2 Å². The Morgan fingerprint density at radius 1 is 1.19 bits per heavy atom. The largest absolute Gasteiger partial charge is 0.493 e. The Labute approximate surface area is 158 Å². The van der Waals surface area contributed by atoms with Crippen LogP contribution in [0.4, 0.5) is 0 Å². The second kappa shape index (κ2) is 8.03. The zero-order valence-corrected chi connectivity index (χ0v) is 16.4. The summed E-state index contributed by atoms with van der Waals surface area (Å²) in [5, 5.41) is 0.806. The van der Waals surface area contributed by atoms with Gasteiger partial charge in [0.1, 0.15) is 0 Å². The van der Waals surface area contributed by atoms with E-state index in [1.807, 2.05) is 18.2 Å². The number of methoxy groups -OCH3 is 3. The minimum absolute atomic E-state index is 0.197. The molecule has 1 atom stereocenters. The van der Waals surface area contributed by atoms with Gasteiger partial charge in [0.15, 0.2) is 16.7 Å². The van der Waals surface area contributed by atoms with Crippen LogP contribution in [-0.4, -0.2) is 50.4 Å². The summed E-state index contributed by atoms with van der Waals surface area (Å²) in [4.78, 5) is 19.4. The normalized spacial score (nSPS) is 21.8. The molecule has 2 heterocycles. The molecule has 0 saturated carbocycles. The quantitative estimate of drug-likeness (QED) is 0.751. The van der Waals surface area contributed by atoms with Gasteiger partial charge in [-0.05, 0) is 54.3 Å². The van der Waals surface area contributed by atoms with Crippen LogP contribution in [0, 0.1) is 5.92 Å². The van der Waals surface area contributed by atoms with Crippen molar-refractivity contribution in [3.63, 3.8) is 0 Å². The maximum atomic E-state index is 12.4. The Hall–Kier alpha value is -2.15. The number of aliphatic imine (C=N–C) groups is 1. The van der Waals surface area contributed by atoms with Crippen molar-refractivity contribution in [1.29, 1.82) is 0 Å². The fraction of sp³-hybridized carbons (Fsp3) is 0.474. The van der Waals surface area contributed by atoms with Crippen LogP contribution < -0.4 is 14.2 Å². The van der Waals surface area contributed by atoms with E-state index in [4.69, 9.17) is 14.2 Å². The highest BCUT2D eigenvalue weighted by atomic mass is 32.2. The molecule has 1 aromatic rings. The van der Waals surface area contributed by atoms with E-state index in [1.165, 1.54) is 18.2 Å². The van der Waals surface area contributed by atoms with Crippen molar-refractivity contribution >= 4 is 28.9 Å². The standard InChI is InChI=1S/C19H24N2O4S/c1-12-6-5-7-21(11-12)19-20-18(22)16(26-19)10-13-8-14(23-2)17(25-4)15(9-13)24-3/h8-10,12H,5-7,11H2,1-4H3. The molecule has 0 bridgehead atoms. The molecule has 7 heteroatoms. The number of hydrogen-bond donors (Lipinski definition) is 0. The van der Waals surface area contributed by atoms with Gasteiger partial charge in [0.25, 0.3) is 5.91 Å². The summed E-state index contributed by atoms with van der Waals surface area (Å²) in [5.74, 6) is 2.07. The minimum atomic E-state index is -0.197. The Morgan fingerprint density at radius 3 is 2.46 bits per heavy atom. The number of thioether (sulfide) groups is 1. The first-order chi connectivity index (χ1) is 12.5. The van der Waals surface area contributed by atoms with Gasteiger partial charge < -0.3 is 19.1 Å². The zero-order chi connectivity index (χ0) is 18.7. The number of carbonyl (C=O) groups is 1. The molecule has 2 aliphatic heterocycles. The van der Waals surface area contributed by atoms with Crippen LogP contribution in [-0.2, 0) is 4.79 Å². The van der Waals surface area contributed by atoms with Gasteiger partial charge in [-0.15, -0.1) is 0 Å². The molecule has 1 aromatic carbocycles. The Kier molecular flexibility index (Phi) is 5.76. The van der Waals surface area contributed by atoms with E-state index in [0.717, 1.165) is 30.2 Å². The molecule has 26 heavy (non-hydrogen) atoms. The number of benzene rings is 1. The smallest absolute Gasteiger partial charge is 0.286 e. The fourth-order valence-corrected chi connectivity index (χ4v) is 4.18. The minimum Gasteiger partial charge on any atom is -0.493 e. The second-order valence-electron chi connectivity index (χ2n) is 6.46.